The smallest absolute Gasteiger partial charge is 0.340 e. The second kappa shape index (κ2) is 5.89. The number of methoxy groups -OCH3 is 1. The molecule has 0 bridgehead atoms. The summed E-state index contributed by atoms with van der Waals surface area (Å²) in [6.07, 6.45) is 0.135. The molecule has 0 amide bonds. The molecule has 1 heterocycles. The number of halogens is 1. The van der Waals surface area contributed by atoms with E-state index in [0.29, 0.717) is 35.1 Å². The minimum atomic E-state index is -0.444. The number of esters is 1. The van der Waals surface area contributed by atoms with Crippen LogP contribution in [0.3, 0.4) is 0 Å². The number of nitrogens with zero attached hydrogens (tertiary/aromatic N) is 1. The molecule has 20 heavy (non-hydrogen) atoms. The van der Waals surface area contributed by atoms with Crippen LogP contribution in [0.4, 0.5) is 11.4 Å². The van der Waals surface area contributed by atoms with Crippen LogP contribution in [0.5, 0.6) is 0 Å². The average molecular weight is 299 g/mol. The van der Waals surface area contributed by atoms with E-state index in [0.717, 1.165) is 0 Å². The number of benzene rings is 1. The van der Waals surface area contributed by atoms with E-state index in [-0.39, 0.29) is 12.2 Å². The summed E-state index contributed by atoms with van der Waals surface area (Å²) in [5, 5.41) is 0.451. The molecule has 2 atom stereocenters. The second-order valence-electron chi connectivity index (χ2n) is 5.05. The fraction of sp³-hybridized carbons (Fsp3) is 0.500. The molecular formula is C14H19ClN2O3. The Bertz CT molecular complexity index is 511. The molecule has 2 N–H and O–H groups in total. The molecule has 5 nitrogen and oxygen atoms in total. The number of ether oxygens (including phenoxy) is 2. The number of carbonyl (C=O) groups excluding carboxylic acids is 1. The van der Waals surface area contributed by atoms with E-state index in [9.17, 15) is 4.79 Å². The van der Waals surface area contributed by atoms with Gasteiger partial charge in [0.25, 0.3) is 0 Å². The minimum absolute atomic E-state index is 0.0675. The highest BCUT2D eigenvalue weighted by molar-refractivity contribution is 6.34. The van der Waals surface area contributed by atoms with E-state index in [2.05, 4.69) is 0 Å². The van der Waals surface area contributed by atoms with Gasteiger partial charge in [-0.3, -0.25) is 0 Å². The molecule has 0 aromatic heterocycles. The normalized spacial score (nSPS) is 22.7. The minimum Gasteiger partial charge on any atom is -0.465 e. The van der Waals surface area contributed by atoms with Gasteiger partial charge < -0.3 is 20.1 Å². The van der Waals surface area contributed by atoms with Gasteiger partial charge >= 0.3 is 5.97 Å². The maximum atomic E-state index is 12.0. The van der Waals surface area contributed by atoms with Gasteiger partial charge in [0.2, 0.25) is 0 Å². The van der Waals surface area contributed by atoms with Crippen LogP contribution < -0.4 is 10.6 Å². The van der Waals surface area contributed by atoms with Gasteiger partial charge in [0.15, 0.2) is 0 Å². The van der Waals surface area contributed by atoms with Crippen LogP contribution in [-0.4, -0.2) is 38.4 Å². The first-order valence-corrected chi connectivity index (χ1v) is 6.88. The van der Waals surface area contributed by atoms with Gasteiger partial charge in [0, 0.05) is 18.8 Å². The zero-order chi connectivity index (χ0) is 14.9. The highest BCUT2D eigenvalue weighted by Crippen LogP contribution is 2.34. The maximum Gasteiger partial charge on any atom is 0.340 e. The topological polar surface area (TPSA) is 64.8 Å². The molecule has 2 unspecified atom stereocenters. The first-order chi connectivity index (χ1) is 9.42. The summed E-state index contributed by atoms with van der Waals surface area (Å²) in [4.78, 5) is 14.0. The van der Waals surface area contributed by atoms with Gasteiger partial charge in [-0.25, -0.2) is 4.79 Å². The molecule has 1 aromatic carbocycles. The molecule has 0 saturated carbocycles. The third kappa shape index (κ3) is 2.99. The summed E-state index contributed by atoms with van der Waals surface area (Å²) in [6.45, 7) is 5.31. The highest BCUT2D eigenvalue weighted by Gasteiger charge is 2.28. The van der Waals surface area contributed by atoms with Gasteiger partial charge in [-0.1, -0.05) is 11.6 Å². The lowest BCUT2D eigenvalue weighted by Crippen LogP contribution is -2.46. The summed E-state index contributed by atoms with van der Waals surface area (Å²) in [5.74, 6) is -0.444. The number of carbonyl (C=O) groups is 1. The second-order valence-corrected chi connectivity index (χ2v) is 5.46. The number of nitrogen functional groups attached to an aromatic ring is 1. The highest BCUT2D eigenvalue weighted by atomic mass is 35.5. The lowest BCUT2D eigenvalue weighted by atomic mass is 10.1. The van der Waals surface area contributed by atoms with Crippen LogP contribution in [0.1, 0.15) is 24.2 Å². The molecule has 1 aromatic rings. The van der Waals surface area contributed by atoms with Crippen molar-refractivity contribution < 1.29 is 14.3 Å². The number of nitrogens with two attached hydrogens (primary N) is 1. The van der Waals surface area contributed by atoms with Crippen LogP contribution in [-0.2, 0) is 9.47 Å². The van der Waals surface area contributed by atoms with Gasteiger partial charge in [-0.05, 0) is 26.0 Å². The van der Waals surface area contributed by atoms with E-state index in [4.69, 9.17) is 26.8 Å². The molecular weight excluding hydrogens is 280 g/mol. The van der Waals surface area contributed by atoms with Crippen molar-refractivity contribution in [3.05, 3.63) is 22.7 Å². The third-order valence-corrected chi connectivity index (χ3v) is 3.51. The van der Waals surface area contributed by atoms with E-state index >= 15 is 0 Å². The summed E-state index contributed by atoms with van der Waals surface area (Å²) in [5.41, 5.74) is 7.26. The SMILES string of the molecule is COC(=O)c1cc(N)cc(Cl)c1N1CC(C)OC(C)C1. The van der Waals surface area contributed by atoms with Crippen LogP contribution in [0, 0.1) is 0 Å². The van der Waals surface area contributed by atoms with Crippen molar-refractivity contribution in [2.45, 2.75) is 26.1 Å². The van der Waals surface area contributed by atoms with Crippen LogP contribution >= 0.6 is 11.6 Å². The molecule has 6 heteroatoms. The van der Waals surface area contributed by atoms with E-state index in [1.807, 2.05) is 18.7 Å². The quantitative estimate of drug-likeness (QED) is 0.670. The Morgan fingerprint density at radius 2 is 2.00 bits per heavy atom. The van der Waals surface area contributed by atoms with Crippen LogP contribution in [0.25, 0.3) is 0 Å². The van der Waals surface area contributed by atoms with Gasteiger partial charge in [0.1, 0.15) is 0 Å². The van der Waals surface area contributed by atoms with Crippen molar-refractivity contribution in [2.24, 2.45) is 0 Å². The standard InChI is InChI=1S/C14H19ClN2O3/c1-8-6-17(7-9(2)20-8)13-11(14(18)19-3)4-10(16)5-12(13)15/h4-5,8-9H,6-7,16H2,1-3H3. The van der Waals surface area contributed by atoms with Crippen LogP contribution in [0.2, 0.25) is 5.02 Å². The first-order valence-electron chi connectivity index (χ1n) is 6.50. The average Bonchev–Trinajstić information content (AvgIpc) is 2.35. The molecule has 0 spiro atoms. The predicted molar refractivity (Wildman–Crippen MR) is 79.4 cm³/mol. The third-order valence-electron chi connectivity index (χ3n) is 3.23. The Hall–Kier alpha value is -1.46. The summed E-state index contributed by atoms with van der Waals surface area (Å²) >= 11 is 6.29. The first kappa shape index (κ1) is 14.9. The molecule has 110 valence electrons. The molecule has 1 aliphatic heterocycles. The van der Waals surface area contributed by atoms with Crippen molar-refractivity contribution in [3.63, 3.8) is 0 Å². The van der Waals surface area contributed by atoms with Crippen molar-refractivity contribution in [2.75, 3.05) is 30.8 Å². The maximum absolute atomic E-state index is 12.0. The molecule has 0 radical (unpaired) electrons. The zero-order valence-electron chi connectivity index (χ0n) is 11.9. The van der Waals surface area contributed by atoms with Crippen molar-refractivity contribution in [1.82, 2.24) is 0 Å². The van der Waals surface area contributed by atoms with Gasteiger partial charge in [-0.15, -0.1) is 0 Å². The number of hydrogen-bond acceptors (Lipinski definition) is 5. The van der Waals surface area contributed by atoms with Crippen LogP contribution in [0.15, 0.2) is 12.1 Å². The lowest BCUT2D eigenvalue weighted by molar-refractivity contribution is -0.00532. The fourth-order valence-corrected chi connectivity index (χ4v) is 2.91. The van der Waals surface area contributed by atoms with Gasteiger partial charge in [-0.2, -0.15) is 0 Å². The van der Waals surface area contributed by atoms with Gasteiger partial charge in [0.05, 0.1) is 35.6 Å². The predicted octanol–water partition coefficient (Wildman–Crippen LogP) is 2.32. The fourth-order valence-electron chi connectivity index (χ4n) is 2.57. The summed E-state index contributed by atoms with van der Waals surface area (Å²) in [7, 11) is 1.34. The Morgan fingerprint density at radius 3 is 2.55 bits per heavy atom. The Labute approximate surface area is 123 Å². The molecule has 1 aliphatic rings. The lowest BCUT2D eigenvalue weighted by Gasteiger charge is -2.38. The van der Waals surface area contributed by atoms with E-state index in [1.165, 1.54) is 7.11 Å². The molecule has 1 fully saturated rings. The number of rotatable bonds is 2. The Morgan fingerprint density at radius 1 is 1.40 bits per heavy atom. The molecule has 0 aliphatic carbocycles. The number of hydrogen-bond donors (Lipinski definition) is 1. The van der Waals surface area contributed by atoms with Crippen molar-refractivity contribution in [1.29, 1.82) is 0 Å². The zero-order valence-corrected chi connectivity index (χ0v) is 12.6. The number of anilines is 2. The molecule has 1 saturated heterocycles. The Kier molecular flexibility index (Phi) is 4.40. The monoisotopic (exact) mass is 298 g/mol. The van der Waals surface area contributed by atoms with Crippen molar-refractivity contribution in [3.8, 4) is 0 Å². The van der Waals surface area contributed by atoms with Crippen molar-refractivity contribution >= 4 is 28.9 Å². The Balaban J connectivity index is 2.46. The largest absolute Gasteiger partial charge is 0.465 e. The van der Waals surface area contributed by atoms with E-state index < -0.39 is 5.97 Å². The molecule has 2 rings (SSSR count). The summed E-state index contributed by atoms with van der Waals surface area (Å²) < 4.78 is 10.5. The van der Waals surface area contributed by atoms with E-state index in [1.54, 1.807) is 12.1 Å². The number of morpholine rings is 1. The summed E-state index contributed by atoms with van der Waals surface area (Å²) in [6, 6.07) is 3.24.